The Morgan fingerprint density at radius 3 is 2.11 bits per heavy atom. The van der Waals surface area contributed by atoms with Crippen molar-refractivity contribution in [3.63, 3.8) is 0 Å². The molecule has 4 nitrogen and oxygen atoms in total. The molecule has 0 radical (unpaired) electrons. The van der Waals surface area contributed by atoms with Gasteiger partial charge in [0.2, 0.25) is 0 Å². The average molecular weight is 133 g/mol. The Morgan fingerprint density at radius 2 is 1.78 bits per heavy atom. The van der Waals surface area contributed by atoms with Gasteiger partial charge in [0.05, 0.1) is 6.21 Å². The summed E-state index contributed by atoms with van der Waals surface area (Å²) in [5.41, 5.74) is 0. The molecule has 0 aromatic rings. The van der Waals surface area contributed by atoms with Gasteiger partial charge in [-0.25, -0.2) is 0 Å². The van der Waals surface area contributed by atoms with Crippen LogP contribution in [0.2, 0.25) is 0 Å². The Balaban J connectivity index is 3.41. The second-order valence-electron chi connectivity index (χ2n) is 1.28. The fraction of sp³-hybridized carbons (Fsp3) is 0.800. The Kier molecular flexibility index (Phi) is 5.15. The first-order valence-electron chi connectivity index (χ1n) is 2.47. The summed E-state index contributed by atoms with van der Waals surface area (Å²) in [6.45, 7) is 0. The summed E-state index contributed by atoms with van der Waals surface area (Å²) in [4.78, 5) is 4.39. The summed E-state index contributed by atoms with van der Waals surface area (Å²) in [5.74, 6) is 0. The molecule has 54 valence electrons. The molecule has 0 amide bonds. The van der Waals surface area contributed by atoms with Gasteiger partial charge in [-0.15, -0.1) is 0 Å². The molecular weight excluding hydrogens is 122 g/mol. The summed E-state index contributed by atoms with van der Waals surface area (Å²) in [7, 11) is 4.50. The second-order valence-corrected chi connectivity index (χ2v) is 1.28. The second kappa shape index (κ2) is 5.53. The van der Waals surface area contributed by atoms with Crippen LogP contribution in [-0.4, -0.2) is 33.8 Å². The number of hydrogen-bond acceptors (Lipinski definition) is 4. The SMILES string of the molecule is CO/N=C/C(OC)OC. The summed E-state index contributed by atoms with van der Waals surface area (Å²) < 4.78 is 9.50. The average Bonchev–Trinajstić information content (AvgIpc) is 1.91. The van der Waals surface area contributed by atoms with Crippen molar-refractivity contribution in [1.82, 2.24) is 0 Å². The lowest BCUT2D eigenvalue weighted by Gasteiger charge is -2.04. The van der Waals surface area contributed by atoms with E-state index in [9.17, 15) is 0 Å². The summed E-state index contributed by atoms with van der Waals surface area (Å²) in [6, 6.07) is 0. The van der Waals surface area contributed by atoms with E-state index >= 15 is 0 Å². The van der Waals surface area contributed by atoms with Crippen molar-refractivity contribution in [2.24, 2.45) is 5.16 Å². The first-order chi connectivity index (χ1) is 4.35. The van der Waals surface area contributed by atoms with E-state index in [2.05, 4.69) is 9.99 Å². The lowest BCUT2D eigenvalue weighted by Crippen LogP contribution is -2.14. The molecule has 0 N–H and O–H groups in total. The van der Waals surface area contributed by atoms with E-state index in [4.69, 9.17) is 9.47 Å². The lowest BCUT2D eigenvalue weighted by molar-refractivity contribution is -0.0501. The van der Waals surface area contributed by atoms with Crippen LogP contribution in [0, 0.1) is 0 Å². The van der Waals surface area contributed by atoms with Gasteiger partial charge < -0.3 is 14.3 Å². The fourth-order valence-corrected chi connectivity index (χ4v) is 0.328. The first-order valence-corrected chi connectivity index (χ1v) is 2.47. The molecule has 0 aliphatic carbocycles. The fourth-order valence-electron chi connectivity index (χ4n) is 0.328. The van der Waals surface area contributed by atoms with Gasteiger partial charge >= 0.3 is 0 Å². The number of hydrogen-bond donors (Lipinski definition) is 0. The van der Waals surface area contributed by atoms with Crippen LogP contribution in [-0.2, 0) is 14.3 Å². The number of methoxy groups -OCH3 is 2. The van der Waals surface area contributed by atoms with Crippen LogP contribution in [0.4, 0.5) is 0 Å². The standard InChI is InChI=1S/C5H11NO3/c1-7-5(8-2)4-6-9-3/h4-5H,1-3H3/b6-4+. The molecule has 0 rings (SSSR count). The quantitative estimate of drug-likeness (QED) is 0.313. The predicted octanol–water partition coefficient (Wildman–Crippen LogP) is 0.238. The van der Waals surface area contributed by atoms with Crippen LogP contribution >= 0.6 is 0 Å². The van der Waals surface area contributed by atoms with Gasteiger partial charge in [-0.05, 0) is 0 Å². The Bertz CT molecular complexity index is 80.3. The van der Waals surface area contributed by atoms with E-state index < -0.39 is 6.29 Å². The molecule has 0 fully saturated rings. The van der Waals surface area contributed by atoms with Crippen molar-refractivity contribution in [3.05, 3.63) is 0 Å². The Morgan fingerprint density at radius 1 is 1.22 bits per heavy atom. The largest absolute Gasteiger partial charge is 0.399 e. The minimum absolute atomic E-state index is 0.412. The molecule has 0 heterocycles. The van der Waals surface area contributed by atoms with Gasteiger partial charge in [0.1, 0.15) is 7.11 Å². The van der Waals surface area contributed by atoms with Crippen molar-refractivity contribution >= 4 is 6.21 Å². The monoisotopic (exact) mass is 133 g/mol. The van der Waals surface area contributed by atoms with E-state index in [1.165, 1.54) is 27.5 Å². The molecule has 0 aliphatic heterocycles. The van der Waals surface area contributed by atoms with E-state index in [1.807, 2.05) is 0 Å². The van der Waals surface area contributed by atoms with Crippen molar-refractivity contribution in [1.29, 1.82) is 0 Å². The van der Waals surface area contributed by atoms with Crippen LogP contribution in [0.25, 0.3) is 0 Å². The highest BCUT2D eigenvalue weighted by Crippen LogP contribution is 1.84. The smallest absolute Gasteiger partial charge is 0.196 e. The van der Waals surface area contributed by atoms with Crippen molar-refractivity contribution < 1.29 is 14.3 Å². The number of ether oxygens (including phenoxy) is 2. The molecule has 0 bridgehead atoms. The molecular formula is C5H11NO3. The van der Waals surface area contributed by atoms with Crippen molar-refractivity contribution in [2.75, 3.05) is 21.3 Å². The number of oxime groups is 1. The van der Waals surface area contributed by atoms with Crippen LogP contribution in [0.1, 0.15) is 0 Å². The lowest BCUT2D eigenvalue weighted by atomic mass is 10.7. The molecule has 0 unspecified atom stereocenters. The van der Waals surface area contributed by atoms with Gasteiger partial charge in [-0.2, -0.15) is 0 Å². The third kappa shape index (κ3) is 3.93. The molecule has 9 heavy (non-hydrogen) atoms. The topological polar surface area (TPSA) is 40.0 Å². The molecule has 0 saturated carbocycles. The number of rotatable bonds is 4. The normalized spacial score (nSPS) is 11.1. The summed E-state index contributed by atoms with van der Waals surface area (Å²) >= 11 is 0. The molecule has 0 saturated heterocycles. The molecule has 4 heteroatoms. The van der Waals surface area contributed by atoms with Crippen molar-refractivity contribution in [2.45, 2.75) is 6.29 Å². The molecule has 0 aromatic carbocycles. The Labute approximate surface area is 54.4 Å². The molecule has 0 atom stereocenters. The molecule has 0 aliphatic rings. The zero-order valence-electron chi connectivity index (χ0n) is 5.83. The summed E-state index contributed by atoms with van der Waals surface area (Å²) in [6.07, 6.45) is 1.00. The van der Waals surface area contributed by atoms with Gasteiger partial charge in [0.25, 0.3) is 0 Å². The highest BCUT2D eigenvalue weighted by Gasteiger charge is 1.97. The van der Waals surface area contributed by atoms with E-state index in [-0.39, 0.29) is 0 Å². The van der Waals surface area contributed by atoms with Crippen LogP contribution in [0.3, 0.4) is 0 Å². The van der Waals surface area contributed by atoms with Crippen LogP contribution in [0.5, 0.6) is 0 Å². The van der Waals surface area contributed by atoms with E-state index in [0.29, 0.717) is 0 Å². The molecule has 0 aromatic heterocycles. The van der Waals surface area contributed by atoms with Crippen LogP contribution < -0.4 is 0 Å². The maximum atomic E-state index is 4.75. The zero-order chi connectivity index (χ0) is 7.11. The summed E-state index contributed by atoms with van der Waals surface area (Å²) in [5, 5.41) is 3.44. The van der Waals surface area contributed by atoms with Gasteiger partial charge in [0, 0.05) is 14.2 Å². The van der Waals surface area contributed by atoms with Gasteiger partial charge in [-0.1, -0.05) is 5.16 Å². The van der Waals surface area contributed by atoms with E-state index in [1.54, 1.807) is 0 Å². The number of nitrogens with zero attached hydrogens (tertiary/aromatic N) is 1. The minimum Gasteiger partial charge on any atom is -0.399 e. The third-order valence-corrected chi connectivity index (χ3v) is 0.753. The van der Waals surface area contributed by atoms with E-state index in [0.717, 1.165) is 0 Å². The maximum Gasteiger partial charge on any atom is 0.196 e. The third-order valence-electron chi connectivity index (χ3n) is 0.753. The van der Waals surface area contributed by atoms with Crippen molar-refractivity contribution in [3.8, 4) is 0 Å². The predicted molar refractivity (Wildman–Crippen MR) is 33.3 cm³/mol. The van der Waals surface area contributed by atoms with Gasteiger partial charge in [-0.3, -0.25) is 0 Å². The zero-order valence-corrected chi connectivity index (χ0v) is 5.83. The first kappa shape index (κ1) is 8.39. The molecule has 0 spiro atoms. The Hall–Kier alpha value is -0.610. The highest BCUT2D eigenvalue weighted by molar-refractivity contribution is 5.60. The minimum atomic E-state index is -0.412. The van der Waals surface area contributed by atoms with Crippen LogP contribution in [0.15, 0.2) is 5.16 Å². The van der Waals surface area contributed by atoms with Gasteiger partial charge in [0.15, 0.2) is 6.29 Å². The maximum absolute atomic E-state index is 4.75. The highest BCUT2D eigenvalue weighted by atomic mass is 16.7.